The average Bonchev–Trinajstić information content (AvgIpc) is 3.17. The Balaban J connectivity index is 1.60. The van der Waals surface area contributed by atoms with Crippen molar-refractivity contribution in [2.75, 3.05) is 19.5 Å². The predicted octanol–water partition coefficient (Wildman–Crippen LogP) is 4.99. The maximum atomic E-state index is 5.33. The lowest BCUT2D eigenvalue weighted by molar-refractivity contribution is 0.414. The Labute approximate surface area is 161 Å². The van der Waals surface area contributed by atoms with Crippen LogP contribution in [0.4, 0.5) is 5.82 Å². The Hall–Kier alpha value is -3.12. The van der Waals surface area contributed by atoms with Gasteiger partial charge >= 0.3 is 0 Å². The zero-order valence-electron chi connectivity index (χ0n) is 15.1. The number of thiophene rings is 1. The van der Waals surface area contributed by atoms with Crippen LogP contribution in [0.1, 0.15) is 5.56 Å². The van der Waals surface area contributed by atoms with E-state index >= 15 is 0 Å². The molecule has 0 fully saturated rings. The van der Waals surface area contributed by atoms with Crippen molar-refractivity contribution < 1.29 is 9.47 Å². The quantitative estimate of drug-likeness (QED) is 0.513. The summed E-state index contributed by atoms with van der Waals surface area (Å²) in [6, 6.07) is 18.1. The van der Waals surface area contributed by atoms with Gasteiger partial charge in [0, 0.05) is 11.4 Å². The van der Waals surface area contributed by atoms with Crippen LogP contribution in [-0.2, 0) is 6.54 Å². The molecule has 1 N–H and O–H groups in total. The van der Waals surface area contributed by atoms with Gasteiger partial charge in [0.15, 0.2) is 0 Å². The van der Waals surface area contributed by atoms with E-state index in [1.807, 2.05) is 42.5 Å². The molecule has 6 heteroatoms. The van der Waals surface area contributed by atoms with Crippen LogP contribution in [-0.4, -0.2) is 24.2 Å². The first-order chi connectivity index (χ1) is 13.3. The number of aromatic nitrogens is 2. The number of rotatable bonds is 6. The molecule has 0 atom stereocenters. The molecule has 27 heavy (non-hydrogen) atoms. The second-order valence-electron chi connectivity index (χ2n) is 5.98. The molecular weight excluding hydrogens is 358 g/mol. The summed E-state index contributed by atoms with van der Waals surface area (Å²) >= 11 is 1.67. The Morgan fingerprint density at radius 1 is 0.926 bits per heavy atom. The van der Waals surface area contributed by atoms with Gasteiger partial charge in [-0.2, -0.15) is 0 Å². The smallest absolute Gasteiger partial charge is 0.147 e. The molecular formula is C21H19N3O2S. The van der Waals surface area contributed by atoms with Crippen LogP contribution in [0.5, 0.6) is 11.5 Å². The third-order valence-electron chi connectivity index (χ3n) is 4.28. The molecule has 5 nitrogen and oxygen atoms in total. The zero-order chi connectivity index (χ0) is 18.6. The summed E-state index contributed by atoms with van der Waals surface area (Å²) in [7, 11) is 3.35. The van der Waals surface area contributed by atoms with E-state index in [0.29, 0.717) is 6.54 Å². The lowest BCUT2D eigenvalue weighted by Gasteiger charge is -2.07. The number of nitrogens with one attached hydrogen (secondary N) is 1. The van der Waals surface area contributed by atoms with Gasteiger partial charge in [-0.15, -0.1) is 11.3 Å². The molecule has 2 heterocycles. The van der Waals surface area contributed by atoms with Gasteiger partial charge in [-0.3, -0.25) is 0 Å². The van der Waals surface area contributed by atoms with E-state index < -0.39 is 0 Å². The van der Waals surface area contributed by atoms with Crippen LogP contribution in [0.15, 0.2) is 60.9 Å². The molecule has 4 aromatic rings. The molecule has 0 bridgehead atoms. The van der Waals surface area contributed by atoms with Crippen molar-refractivity contribution in [3.63, 3.8) is 0 Å². The number of hydrogen-bond acceptors (Lipinski definition) is 6. The maximum Gasteiger partial charge on any atom is 0.147 e. The average molecular weight is 377 g/mol. The highest BCUT2D eigenvalue weighted by molar-refractivity contribution is 7.22. The lowest BCUT2D eigenvalue weighted by atomic mass is 10.2. The van der Waals surface area contributed by atoms with Crippen LogP contribution in [0.3, 0.4) is 0 Å². The fourth-order valence-electron chi connectivity index (χ4n) is 2.83. The minimum atomic E-state index is 0.683. The summed E-state index contributed by atoms with van der Waals surface area (Å²) in [5.41, 5.74) is 3.20. The number of anilines is 1. The zero-order valence-corrected chi connectivity index (χ0v) is 15.9. The van der Waals surface area contributed by atoms with E-state index in [2.05, 4.69) is 27.4 Å². The summed E-state index contributed by atoms with van der Waals surface area (Å²) < 4.78 is 11.6. The van der Waals surface area contributed by atoms with Gasteiger partial charge in [0.25, 0.3) is 0 Å². The molecule has 0 unspecified atom stereocenters. The molecule has 0 radical (unpaired) electrons. The van der Waals surface area contributed by atoms with Crippen molar-refractivity contribution in [1.82, 2.24) is 9.97 Å². The van der Waals surface area contributed by atoms with Gasteiger partial charge in [0.2, 0.25) is 0 Å². The van der Waals surface area contributed by atoms with Crippen LogP contribution < -0.4 is 14.8 Å². The SMILES string of the molecule is COc1ccc(CNc2ncnc3cc(-c4cccc(OC)c4)sc23)cc1. The second kappa shape index (κ2) is 7.63. The van der Waals surface area contributed by atoms with Gasteiger partial charge in [-0.1, -0.05) is 24.3 Å². The van der Waals surface area contributed by atoms with Gasteiger partial charge < -0.3 is 14.8 Å². The molecule has 136 valence electrons. The van der Waals surface area contributed by atoms with Crippen LogP contribution in [0.2, 0.25) is 0 Å². The highest BCUT2D eigenvalue weighted by atomic mass is 32.1. The van der Waals surface area contributed by atoms with Gasteiger partial charge in [0.1, 0.15) is 23.6 Å². The molecule has 2 aromatic heterocycles. The van der Waals surface area contributed by atoms with Gasteiger partial charge in [-0.25, -0.2) is 9.97 Å². The fourth-order valence-corrected chi connectivity index (χ4v) is 3.90. The molecule has 4 rings (SSSR count). The summed E-state index contributed by atoms with van der Waals surface area (Å²) in [4.78, 5) is 9.99. The first-order valence-corrected chi connectivity index (χ1v) is 9.34. The van der Waals surface area contributed by atoms with Crippen molar-refractivity contribution in [2.24, 2.45) is 0 Å². The summed E-state index contributed by atoms with van der Waals surface area (Å²) in [5, 5.41) is 3.42. The fraction of sp³-hybridized carbons (Fsp3) is 0.143. The van der Waals surface area contributed by atoms with Gasteiger partial charge in [-0.05, 0) is 41.5 Å². The molecule has 0 aliphatic carbocycles. The van der Waals surface area contributed by atoms with Crippen molar-refractivity contribution in [3.05, 3.63) is 66.5 Å². The maximum absolute atomic E-state index is 5.33. The molecule has 2 aromatic carbocycles. The summed E-state index contributed by atoms with van der Waals surface area (Å²) in [6.45, 7) is 0.683. The molecule has 0 aliphatic heterocycles. The third kappa shape index (κ3) is 3.71. The van der Waals surface area contributed by atoms with E-state index in [-0.39, 0.29) is 0 Å². The second-order valence-corrected chi connectivity index (χ2v) is 7.03. The van der Waals surface area contributed by atoms with Crippen molar-refractivity contribution in [2.45, 2.75) is 6.54 Å². The normalized spacial score (nSPS) is 10.7. The topological polar surface area (TPSA) is 56.3 Å². The van der Waals surface area contributed by atoms with E-state index in [1.165, 1.54) is 0 Å². The Morgan fingerprint density at radius 3 is 2.52 bits per heavy atom. The molecule has 0 saturated heterocycles. The highest BCUT2D eigenvalue weighted by Gasteiger charge is 2.11. The van der Waals surface area contributed by atoms with Crippen LogP contribution >= 0.6 is 11.3 Å². The van der Waals surface area contributed by atoms with E-state index in [0.717, 1.165) is 43.5 Å². The van der Waals surface area contributed by atoms with E-state index in [4.69, 9.17) is 9.47 Å². The minimum Gasteiger partial charge on any atom is -0.497 e. The largest absolute Gasteiger partial charge is 0.497 e. The monoisotopic (exact) mass is 377 g/mol. The molecule has 0 aliphatic rings. The minimum absolute atomic E-state index is 0.683. The highest BCUT2D eigenvalue weighted by Crippen LogP contribution is 2.36. The van der Waals surface area contributed by atoms with Crippen molar-refractivity contribution in [3.8, 4) is 21.9 Å². The standard InChI is InChI=1S/C21H19N3O2S/c1-25-16-8-6-14(7-9-16)12-22-21-20-18(23-13-24-21)11-19(27-20)15-4-3-5-17(10-15)26-2/h3-11,13H,12H2,1-2H3,(H,22,23,24). The summed E-state index contributed by atoms with van der Waals surface area (Å²) in [5.74, 6) is 2.54. The Bertz CT molecular complexity index is 1060. The Morgan fingerprint density at radius 2 is 1.74 bits per heavy atom. The van der Waals surface area contributed by atoms with Crippen LogP contribution in [0.25, 0.3) is 20.7 Å². The first-order valence-electron chi connectivity index (χ1n) is 8.52. The summed E-state index contributed by atoms with van der Waals surface area (Å²) in [6.07, 6.45) is 1.60. The molecule has 0 amide bonds. The lowest BCUT2D eigenvalue weighted by Crippen LogP contribution is -2.01. The first kappa shape index (κ1) is 17.3. The van der Waals surface area contributed by atoms with Crippen molar-refractivity contribution >= 4 is 27.4 Å². The van der Waals surface area contributed by atoms with Crippen molar-refractivity contribution in [1.29, 1.82) is 0 Å². The number of methoxy groups -OCH3 is 2. The van der Waals surface area contributed by atoms with Crippen LogP contribution in [0, 0.1) is 0 Å². The van der Waals surface area contributed by atoms with E-state index in [9.17, 15) is 0 Å². The number of fused-ring (bicyclic) bond motifs is 1. The number of benzene rings is 2. The molecule has 0 saturated carbocycles. The number of hydrogen-bond donors (Lipinski definition) is 1. The number of ether oxygens (including phenoxy) is 2. The number of nitrogens with zero attached hydrogens (tertiary/aromatic N) is 2. The molecule has 0 spiro atoms. The Kier molecular flexibility index (Phi) is 4.89. The predicted molar refractivity (Wildman–Crippen MR) is 110 cm³/mol. The third-order valence-corrected chi connectivity index (χ3v) is 5.46. The van der Waals surface area contributed by atoms with E-state index in [1.54, 1.807) is 31.9 Å². The van der Waals surface area contributed by atoms with Gasteiger partial charge in [0.05, 0.1) is 24.4 Å².